The lowest BCUT2D eigenvalue weighted by Gasteiger charge is -2.12. The smallest absolute Gasteiger partial charge is 0.220 e. The largest absolute Gasteiger partial charge is 0.396 e. The second-order valence-electron chi connectivity index (χ2n) is 5.52. The number of amides is 1. The fourth-order valence-electron chi connectivity index (χ4n) is 2.49. The minimum atomic E-state index is -0.0582. The van der Waals surface area contributed by atoms with Crippen molar-refractivity contribution < 1.29 is 14.7 Å². The standard InChI is InChI=1S/C17H20ClNO3/c18-14-7-5-13(6-8-14)16(21)2-1-3-17(22)19-15-9-4-12(10-15)11-20/h4-9,12,15,20H,1-3,10-11H2,(H,19,22)/t12-,15+/m0/s1. The predicted molar refractivity (Wildman–Crippen MR) is 85.9 cm³/mol. The van der Waals surface area contributed by atoms with E-state index in [9.17, 15) is 9.59 Å². The topological polar surface area (TPSA) is 66.4 Å². The van der Waals surface area contributed by atoms with Crippen LogP contribution in [0.4, 0.5) is 0 Å². The molecule has 0 heterocycles. The first-order chi connectivity index (χ1) is 10.6. The normalized spacial score (nSPS) is 20.1. The van der Waals surface area contributed by atoms with Crippen molar-refractivity contribution in [1.82, 2.24) is 5.32 Å². The van der Waals surface area contributed by atoms with Gasteiger partial charge < -0.3 is 10.4 Å². The summed E-state index contributed by atoms with van der Waals surface area (Å²) in [5.74, 6) is 0.0968. The molecule has 1 amide bonds. The molecule has 118 valence electrons. The zero-order chi connectivity index (χ0) is 15.9. The maximum Gasteiger partial charge on any atom is 0.220 e. The Morgan fingerprint density at radius 1 is 1.18 bits per heavy atom. The Balaban J connectivity index is 1.68. The quantitative estimate of drug-likeness (QED) is 0.599. The van der Waals surface area contributed by atoms with E-state index in [-0.39, 0.29) is 30.3 Å². The minimum absolute atomic E-state index is 0.00313. The van der Waals surface area contributed by atoms with E-state index in [0.717, 1.165) is 6.42 Å². The van der Waals surface area contributed by atoms with Gasteiger partial charge in [-0.25, -0.2) is 0 Å². The number of hydrogen-bond donors (Lipinski definition) is 2. The summed E-state index contributed by atoms with van der Waals surface area (Å²) in [5, 5.41) is 12.5. The third kappa shape index (κ3) is 4.97. The van der Waals surface area contributed by atoms with Gasteiger partial charge in [-0.15, -0.1) is 0 Å². The highest BCUT2D eigenvalue weighted by Crippen LogP contribution is 2.17. The second kappa shape index (κ2) is 8.11. The van der Waals surface area contributed by atoms with Gasteiger partial charge in [-0.3, -0.25) is 9.59 Å². The number of ketones is 1. The highest BCUT2D eigenvalue weighted by Gasteiger charge is 2.19. The van der Waals surface area contributed by atoms with E-state index in [1.165, 1.54) is 0 Å². The van der Waals surface area contributed by atoms with Gasteiger partial charge in [0.25, 0.3) is 0 Å². The molecule has 1 aliphatic rings. The van der Waals surface area contributed by atoms with Gasteiger partial charge in [0.05, 0.1) is 0 Å². The van der Waals surface area contributed by atoms with E-state index in [0.29, 0.717) is 29.8 Å². The van der Waals surface area contributed by atoms with Crippen molar-refractivity contribution in [3.63, 3.8) is 0 Å². The fraction of sp³-hybridized carbons (Fsp3) is 0.412. The highest BCUT2D eigenvalue weighted by atomic mass is 35.5. The van der Waals surface area contributed by atoms with Crippen LogP contribution in [0.2, 0.25) is 5.02 Å². The Bertz CT molecular complexity index is 554. The summed E-state index contributed by atoms with van der Waals surface area (Å²) in [6, 6.07) is 6.76. The summed E-state index contributed by atoms with van der Waals surface area (Å²) in [6.45, 7) is 0.110. The molecular formula is C17H20ClNO3. The summed E-state index contributed by atoms with van der Waals surface area (Å²) >= 11 is 5.78. The van der Waals surface area contributed by atoms with Crippen molar-refractivity contribution in [2.75, 3.05) is 6.61 Å². The van der Waals surface area contributed by atoms with Crippen LogP contribution in [0, 0.1) is 5.92 Å². The predicted octanol–water partition coefficient (Wildman–Crippen LogP) is 2.75. The number of benzene rings is 1. The first kappa shape index (κ1) is 16.7. The van der Waals surface area contributed by atoms with Crippen LogP contribution in [0.25, 0.3) is 0 Å². The Labute approximate surface area is 135 Å². The Morgan fingerprint density at radius 3 is 2.55 bits per heavy atom. The van der Waals surface area contributed by atoms with Crippen LogP contribution >= 0.6 is 11.6 Å². The Hall–Kier alpha value is -1.65. The lowest BCUT2D eigenvalue weighted by atomic mass is 10.1. The summed E-state index contributed by atoms with van der Waals surface area (Å²) in [4.78, 5) is 23.8. The zero-order valence-corrected chi connectivity index (χ0v) is 13.1. The lowest BCUT2D eigenvalue weighted by molar-refractivity contribution is -0.121. The van der Waals surface area contributed by atoms with Gasteiger partial charge >= 0.3 is 0 Å². The fourth-order valence-corrected chi connectivity index (χ4v) is 2.61. The number of hydrogen-bond acceptors (Lipinski definition) is 3. The van der Waals surface area contributed by atoms with Gasteiger partial charge in [-0.05, 0) is 37.1 Å². The number of nitrogens with one attached hydrogen (secondary N) is 1. The van der Waals surface area contributed by atoms with E-state index in [1.807, 2.05) is 12.2 Å². The van der Waals surface area contributed by atoms with Crippen molar-refractivity contribution in [2.24, 2.45) is 5.92 Å². The van der Waals surface area contributed by atoms with Crippen LogP contribution in [0.5, 0.6) is 0 Å². The van der Waals surface area contributed by atoms with Crippen LogP contribution in [0.1, 0.15) is 36.0 Å². The lowest BCUT2D eigenvalue weighted by Crippen LogP contribution is -2.32. The molecule has 0 aromatic heterocycles. The molecule has 2 N–H and O–H groups in total. The molecule has 0 unspecified atom stereocenters. The molecule has 4 nitrogen and oxygen atoms in total. The number of carbonyl (C=O) groups is 2. The molecular weight excluding hydrogens is 302 g/mol. The van der Waals surface area contributed by atoms with Gasteiger partial charge in [-0.1, -0.05) is 23.8 Å². The van der Waals surface area contributed by atoms with Crippen LogP contribution < -0.4 is 5.32 Å². The van der Waals surface area contributed by atoms with Gasteiger partial charge in [0.2, 0.25) is 5.91 Å². The molecule has 0 fully saturated rings. The number of aliphatic hydroxyl groups excluding tert-OH is 1. The highest BCUT2D eigenvalue weighted by molar-refractivity contribution is 6.30. The van der Waals surface area contributed by atoms with Gasteiger partial charge in [-0.2, -0.15) is 0 Å². The zero-order valence-electron chi connectivity index (χ0n) is 12.3. The average molecular weight is 322 g/mol. The number of aliphatic hydroxyl groups is 1. The van der Waals surface area contributed by atoms with Gasteiger partial charge in [0, 0.05) is 42.0 Å². The molecule has 2 atom stereocenters. The third-order valence-electron chi connectivity index (χ3n) is 3.73. The summed E-state index contributed by atoms with van der Waals surface area (Å²) in [5.41, 5.74) is 0.620. The molecule has 1 aliphatic carbocycles. The van der Waals surface area contributed by atoms with Gasteiger partial charge in [0.1, 0.15) is 0 Å². The molecule has 1 aromatic rings. The molecule has 0 saturated heterocycles. The first-order valence-corrected chi connectivity index (χ1v) is 7.83. The summed E-state index contributed by atoms with van der Waals surface area (Å²) < 4.78 is 0. The maximum absolute atomic E-state index is 12.0. The van der Waals surface area contributed by atoms with E-state index in [2.05, 4.69) is 5.32 Å². The number of halogens is 1. The number of Topliss-reactive ketones (excluding diaryl/α,β-unsaturated/α-hetero) is 1. The summed E-state index contributed by atoms with van der Waals surface area (Å²) in [6.07, 6.45) is 5.77. The molecule has 0 aliphatic heterocycles. The molecule has 22 heavy (non-hydrogen) atoms. The SMILES string of the molecule is O=C(CCCC(=O)c1ccc(Cl)cc1)N[C@@H]1C=C[C@H](CO)C1. The Morgan fingerprint density at radius 2 is 1.91 bits per heavy atom. The second-order valence-corrected chi connectivity index (χ2v) is 5.96. The van der Waals surface area contributed by atoms with Crippen molar-refractivity contribution in [3.8, 4) is 0 Å². The minimum Gasteiger partial charge on any atom is -0.396 e. The molecule has 0 bridgehead atoms. The van der Waals surface area contributed by atoms with Crippen LogP contribution in [-0.4, -0.2) is 29.4 Å². The van der Waals surface area contributed by atoms with Crippen LogP contribution in [0.15, 0.2) is 36.4 Å². The molecule has 1 aromatic carbocycles. The molecule has 0 spiro atoms. The Kier molecular flexibility index (Phi) is 6.16. The molecule has 5 heteroatoms. The molecule has 0 radical (unpaired) electrons. The number of rotatable bonds is 7. The van der Waals surface area contributed by atoms with Crippen LogP contribution in [0.3, 0.4) is 0 Å². The van der Waals surface area contributed by atoms with Crippen LogP contribution in [-0.2, 0) is 4.79 Å². The average Bonchev–Trinajstić information content (AvgIpc) is 2.95. The van der Waals surface area contributed by atoms with Crippen molar-refractivity contribution >= 4 is 23.3 Å². The van der Waals surface area contributed by atoms with Crippen molar-refractivity contribution in [3.05, 3.63) is 47.0 Å². The van der Waals surface area contributed by atoms with Gasteiger partial charge in [0.15, 0.2) is 5.78 Å². The van der Waals surface area contributed by atoms with E-state index in [1.54, 1.807) is 24.3 Å². The monoisotopic (exact) mass is 321 g/mol. The molecule has 0 saturated carbocycles. The van der Waals surface area contributed by atoms with E-state index < -0.39 is 0 Å². The number of carbonyl (C=O) groups excluding carboxylic acids is 2. The van der Waals surface area contributed by atoms with E-state index >= 15 is 0 Å². The molecule has 2 rings (SSSR count). The summed E-state index contributed by atoms with van der Waals surface area (Å²) in [7, 11) is 0. The maximum atomic E-state index is 12.0. The van der Waals surface area contributed by atoms with E-state index in [4.69, 9.17) is 16.7 Å². The van der Waals surface area contributed by atoms with Crippen molar-refractivity contribution in [1.29, 1.82) is 0 Å². The third-order valence-corrected chi connectivity index (χ3v) is 3.98. The van der Waals surface area contributed by atoms with Crippen molar-refractivity contribution in [2.45, 2.75) is 31.7 Å². The first-order valence-electron chi connectivity index (χ1n) is 7.46.